The second-order valence-corrected chi connectivity index (χ2v) is 6.03. The van der Waals surface area contributed by atoms with E-state index >= 15 is 0 Å². The van der Waals surface area contributed by atoms with Crippen molar-refractivity contribution in [2.45, 2.75) is 25.1 Å². The molecule has 0 saturated carbocycles. The zero-order valence-corrected chi connectivity index (χ0v) is 14.1. The second kappa shape index (κ2) is 7.94. The van der Waals surface area contributed by atoms with E-state index < -0.39 is 6.23 Å². The first-order chi connectivity index (χ1) is 12.2. The maximum absolute atomic E-state index is 12.8. The van der Waals surface area contributed by atoms with E-state index in [4.69, 9.17) is 9.47 Å². The Morgan fingerprint density at radius 1 is 1.16 bits per heavy atom. The molecule has 2 aromatic carbocycles. The van der Waals surface area contributed by atoms with Gasteiger partial charge < -0.3 is 14.4 Å². The number of ether oxygens (including phenoxy) is 2. The fourth-order valence-corrected chi connectivity index (χ4v) is 3.08. The first kappa shape index (κ1) is 17.2. The molecule has 0 spiro atoms. The molecule has 2 atom stereocenters. The highest BCUT2D eigenvalue weighted by molar-refractivity contribution is 5.82. The molecule has 0 aliphatic carbocycles. The van der Waals surface area contributed by atoms with Gasteiger partial charge in [0.2, 0.25) is 5.91 Å². The molecule has 1 unspecified atom stereocenters. The number of hydrogen-bond acceptors (Lipinski definition) is 4. The van der Waals surface area contributed by atoms with Crippen molar-refractivity contribution in [1.29, 1.82) is 0 Å². The summed E-state index contributed by atoms with van der Waals surface area (Å²) in [5.74, 6) is 0.633. The Morgan fingerprint density at radius 2 is 1.88 bits per heavy atom. The van der Waals surface area contributed by atoms with Crippen LogP contribution in [0.25, 0.3) is 0 Å². The highest BCUT2D eigenvalue weighted by atomic mass is 16.5. The van der Waals surface area contributed by atoms with Crippen molar-refractivity contribution in [2.75, 3.05) is 13.7 Å². The van der Waals surface area contributed by atoms with Crippen LogP contribution in [0.4, 0.5) is 0 Å². The summed E-state index contributed by atoms with van der Waals surface area (Å²) in [4.78, 5) is 25.7. The molecule has 1 aliphatic heterocycles. The third-order valence-electron chi connectivity index (χ3n) is 4.36. The van der Waals surface area contributed by atoms with Gasteiger partial charge in [0.25, 0.3) is 0 Å². The molecule has 1 saturated heterocycles. The first-order valence-electron chi connectivity index (χ1n) is 8.26. The van der Waals surface area contributed by atoms with Gasteiger partial charge in [-0.15, -0.1) is 0 Å². The van der Waals surface area contributed by atoms with Crippen molar-refractivity contribution in [3.8, 4) is 5.75 Å². The van der Waals surface area contributed by atoms with Crippen molar-refractivity contribution in [3.05, 3.63) is 65.7 Å². The largest absolute Gasteiger partial charge is 0.497 e. The summed E-state index contributed by atoms with van der Waals surface area (Å²) >= 11 is 0. The molecule has 130 valence electrons. The van der Waals surface area contributed by atoms with E-state index in [1.54, 1.807) is 12.0 Å². The molecule has 1 amide bonds. The fourth-order valence-electron chi connectivity index (χ4n) is 3.08. The molecule has 2 aromatic rings. The van der Waals surface area contributed by atoms with Crippen molar-refractivity contribution in [2.24, 2.45) is 0 Å². The molecule has 5 heteroatoms. The number of hydrogen-bond donors (Lipinski definition) is 0. The van der Waals surface area contributed by atoms with E-state index in [0.29, 0.717) is 19.3 Å². The molecule has 1 fully saturated rings. The van der Waals surface area contributed by atoms with E-state index in [9.17, 15) is 9.59 Å². The molecular formula is C20H21NO4. The van der Waals surface area contributed by atoms with Crippen molar-refractivity contribution in [1.82, 2.24) is 4.90 Å². The summed E-state index contributed by atoms with van der Waals surface area (Å²) in [5.41, 5.74) is 1.99. The van der Waals surface area contributed by atoms with Crippen LogP contribution in [0.15, 0.2) is 54.6 Å². The number of carbonyl (C=O) groups excluding carboxylic acids is 2. The Labute approximate surface area is 147 Å². The SMILES string of the molecule is COc1ccc(CC(=O)N2C(C=O)OC[C@@H]2Cc2ccccc2)cc1. The average Bonchev–Trinajstić information content (AvgIpc) is 3.06. The third-order valence-corrected chi connectivity index (χ3v) is 4.36. The topological polar surface area (TPSA) is 55.8 Å². The summed E-state index contributed by atoms with van der Waals surface area (Å²) in [6, 6.07) is 17.1. The Balaban J connectivity index is 1.72. The van der Waals surface area contributed by atoms with Gasteiger partial charge in [0.15, 0.2) is 12.5 Å². The lowest BCUT2D eigenvalue weighted by atomic mass is 10.0. The molecule has 0 radical (unpaired) electrons. The number of carbonyl (C=O) groups is 2. The number of methoxy groups -OCH3 is 1. The van der Waals surface area contributed by atoms with Crippen LogP contribution in [0.5, 0.6) is 5.75 Å². The second-order valence-electron chi connectivity index (χ2n) is 6.03. The number of aldehydes is 1. The van der Waals surface area contributed by atoms with Crippen LogP contribution in [0.2, 0.25) is 0 Å². The minimum Gasteiger partial charge on any atom is -0.497 e. The average molecular weight is 339 g/mol. The number of rotatable bonds is 6. The molecule has 1 heterocycles. The van der Waals surface area contributed by atoms with Crippen molar-refractivity contribution in [3.63, 3.8) is 0 Å². The van der Waals surface area contributed by atoms with Gasteiger partial charge in [0.05, 0.1) is 26.2 Å². The van der Waals surface area contributed by atoms with E-state index in [2.05, 4.69) is 0 Å². The zero-order chi connectivity index (χ0) is 17.6. The van der Waals surface area contributed by atoms with Gasteiger partial charge in [-0.1, -0.05) is 42.5 Å². The summed E-state index contributed by atoms with van der Waals surface area (Å²) < 4.78 is 10.6. The van der Waals surface area contributed by atoms with Crippen LogP contribution in [0.1, 0.15) is 11.1 Å². The van der Waals surface area contributed by atoms with Crippen LogP contribution >= 0.6 is 0 Å². The van der Waals surface area contributed by atoms with Gasteiger partial charge in [0, 0.05) is 0 Å². The van der Waals surface area contributed by atoms with Gasteiger partial charge >= 0.3 is 0 Å². The number of amides is 1. The van der Waals surface area contributed by atoms with E-state index in [1.165, 1.54) is 0 Å². The molecule has 1 aliphatic rings. The number of nitrogens with zero attached hydrogens (tertiary/aromatic N) is 1. The van der Waals surface area contributed by atoms with Crippen LogP contribution < -0.4 is 4.74 Å². The molecular weight excluding hydrogens is 318 g/mol. The van der Waals surface area contributed by atoms with Gasteiger partial charge in [-0.25, -0.2) is 0 Å². The van der Waals surface area contributed by atoms with Crippen molar-refractivity contribution < 1.29 is 19.1 Å². The number of benzene rings is 2. The van der Waals surface area contributed by atoms with Gasteiger partial charge in [-0.3, -0.25) is 9.59 Å². The normalized spacial score (nSPS) is 19.6. The monoisotopic (exact) mass is 339 g/mol. The van der Waals surface area contributed by atoms with Gasteiger partial charge in [-0.05, 0) is 29.7 Å². The Kier molecular flexibility index (Phi) is 5.46. The summed E-state index contributed by atoms with van der Waals surface area (Å²) in [7, 11) is 1.60. The van der Waals surface area contributed by atoms with Crippen LogP contribution in [-0.2, 0) is 27.2 Å². The molecule has 0 aromatic heterocycles. The maximum atomic E-state index is 12.8. The lowest BCUT2D eigenvalue weighted by Gasteiger charge is -2.26. The molecule has 3 rings (SSSR count). The lowest BCUT2D eigenvalue weighted by molar-refractivity contribution is -0.141. The molecule has 0 N–H and O–H groups in total. The minimum absolute atomic E-state index is 0.110. The Bertz CT molecular complexity index is 714. The Hall–Kier alpha value is -2.66. The predicted octanol–water partition coefficient (Wildman–Crippen LogP) is 2.23. The van der Waals surface area contributed by atoms with E-state index in [1.807, 2.05) is 54.6 Å². The molecule has 25 heavy (non-hydrogen) atoms. The third kappa shape index (κ3) is 4.06. The maximum Gasteiger partial charge on any atom is 0.229 e. The fraction of sp³-hybridized carbons (Fsp3) is 0.300. The van der Waals surface area contributed by atoms with E-state index in [0.717, 1.165) is 16.9 Å². The Morgan fingerprint density at radius 3 is 2.52 bits per heavy atom. The summed E-state index contributed by atoms with van der Waals surface area (Å²) in [5, 5.41) is 0. The van der Waals surface area contributed by atoms with Crippen molar-refractivity contribution >= 4 is 12.2 Å². The quantitative estimate of drug-likeness (QED) is 0.758. The lowest BCUT2D eigenvalue weighted by Crippen LogP contribution is -2.44. The molecule has 5 nitrogen and oxygen atoms in total. The highest BCUT2D eigenvalue weighted by Gasteiger charge is 2.37. The smallest absolute Gasteiger partial charge is 0.229 e. The zero-order valence-electron chi connectivity index (χ0n) is 14.1. The first-order valence-corrected chi connectivity index (χ1v) is 8.26. The predicted molar refractivity (Wildman–Crippen MR) is 93.3 cm³/mol. The molecule has 0 bridgehead atoms. The van der Waals surface area contributed by atoms with E-state index in [-0.39, 0.29) is 18.4 Å². The standard InChI is InChI=1S/C20H21NO4/c1-24-18-9-7-16(8-10-18)12-19(23)21-17(14-25-20(21)13-22)11-15-5-3-2-4-6-15/h2-10,13,17,20H,11-12,14H2,1H3/t17-,20?/m0/s1. The van der Waals surface area contributed by atoms with Gasteiger partial charge in [0.1, 0.15) is 5.75 Å². The minimum atomic E-state index is -0.806. The van der Waals surface area contributed by atoms with Crippen LogP contribution in [0, 0.1) is 0 Å². The van der Waals surface area contributed by atoms with Crippen LogP contribution in [-0.4, -0.2) is 43.1 Å². The summed E-state index contributed by atoms with van der Waals surface area (Å²) in [6.07, 6.45) is 0.777. The highest BCUT2D eigenvalue weighted by Crippen LogP contribution is 2.22. The van der Waals surface area contributed by atoms with Crippen LogP contribution in [0.3, 0.4) is 0 Å². The van der Waals surface area contributed by atoms with Gasteiger partial charge in [-0.2, -0.15) is 0 Å². The summed E-state index contributed by atoms with van der Waals surface area (Å²) in [6.45, 7) is 0.368.